The van der Waals surface area contributed by atoms with Crippen LogP contribution in [0.25, 0.3) is 5.69 Å². The lowest BCUT2D eigenvalue weighted by molar-refractivity contribution is -0.130. The van der Waals surface area contributed by atoms with Crippen molar-refractivity contribution in [3.05, 3.63) is 41.6 Å². The first kappa shape index (κ1) is 25.5. The first-order valence-electron chi connectivity index (χ1n) is 10.7. The Morgan fingerprint density at radius 2 is 1.88 bits per heavy atom. The highest BCUT2D eigenvalue weighted by Gasteiger charge is 2.21. The van der Waals surface area contributed by atoms with Gasteiger partial charge >= 0.3 is 0 Å². The van der Waals surface area contributed by atoms with Crippen LogP contribution in [-0.2, 0) is 11.2 Å². The molecule has 0 unspecified atom stereocenters. The summed E-state index contributed by atoms with van der Waals surface area (Å²) in [4.78, 5) is 20.3. The molecule has 2 aromatic rings. The lowest BCUT2D eigenvalue weighted by Gasteiger charge is -2.36. The molecule has 3 rings (SSSR count). The fraction of sp³-hybridized carbons (Fsp3) is 0.455. The van der Waals surface area contributed by atoms with E-state index >= 15 is 0 Å². The van der Waals surface area contributed by atoms with Crippen LogP contribution in [0, 0.1) is 11.3 Å². The zero-order chi connectivity index (χ0) is 22.2. The molecule has 1 aliphatic heterocycles. The van der Waals surface area contributed by atoms with E-state index in [-0.39, 0.29) is 29.9 Å². The first-order chi connectivity index (χ1) is 15.0. The summed E-state index contributed by atoms with van der Waals surface area (Å²) in [5.41, 5.74) is 8.13. The smallest absolute Gasteiger partial charge is 0.219 e. The van der Waals surface area contributed by atoms with E-state index in [4.69, 9.17) is 10.7 Å². The standard InChI is InChI=1S/C22H30N8O.HI/c1-3-25-22(29-14-12-28(13-15-29)17(2)31)26-11-7-10-20-19(16-23)21(24)30(27-20)18-8-5-4-6-9-18;/h4-6,8-9H,3,7,10-15,24H2,1-2H3,(H,25,26);1H. The van der Waals surface area contributed by atoms with Crippen molar-refractivity contribution in [3.8, 4) is 11.8 Å². The van der Waals surface area contributed by atoms with Gasteiger partial charge in [0.2, 0.25) is 5.91 Å². The Bertz CT molecular complexity index is 958. The maximum atomic E-state index is 11.5. The molecule has 0 spiro atoms. The fourth-order valence-electron chi connectivity index (χ4n) is 3.63. The minimum atomic E-state index is 0. The number of nitriles is 1. The number of aryl methyl sites for hydroxylation is 1. The largest absolute Gasteiger partial charge is 0.382 e. The Balaban J connectivity index is 0.00000363. The van der Waals surface area contributed by atoms with Gasteiger partial charge in [0, 0.05) is 46.2 Å². The van der Waals surface area contributed by atoms with E-state index in [9.17, 15) is 10.1 Å². The Morgan fingerprint density at radius 3 is 2.47 bits per heavy atom. The van der Waals surface area contributed by atoms with Crippen LogP contribution in [0.5, 0.6) is 0 Å². The van der Waals surface area contributed by atoms with Crippen molar-refractivity contribution < 1.29 is 4.79 Å². The van der Waals surface area contributed by atoms with Crippen LogP contribution < -0.4 is 11.1 Å². The van der Waals surface area contributed by atoms with Gasteiger partial charge in [-0.1, -0.05) is 18.2 Å². The number of carbonyl (C=O) groups is 1. The van der Waals surface area contributed by atoms with Gasteiger partial charge in [0.1, 0.15) is 17.5 Å². The minimum Gasteiger partial charge on any atom is -0.382 e. The van der Waals surface area contributed by atoms with Gasteiger partial charge in [0.25, 0.3) is 0 Å². The summed E-state index contributed by atoms with van der Waals surface area (Å²) in [6, 6.07) is 11.8. The quantitative estimate of drug-likeness (QED) is 0.246. The number of amides is 1. The molecule has 1 aromatic carbocycles. The van der Waals surface area contributed by atoms with E-state index in [1.807, 2.05) is 42.2 Å². The normalized spacial score (nSPS) is 14.0. The summed E-state index contributed by atoms with van der Waals surface area (Å²) in [6.45, 7) is 7.99. The third-order valence-corrected chi connectivity index (χ3v) is 5.30. The van der Waals surface area contributed by atoms with Crippen LogP contribution in [0.1, 0.15) is 31.5 Å². The maximum Gasteiger partial charge on any atom is 0.219 e. The molecule has 32 heavy (non-hydrogen) atoms. The monoisotopic (exact) mass is 550 g/mol. The molecule has 10 heteroatoms. The van der Waals surface area contributed by atoms with Crippen molar-refractivity contribution in [2.24, 2.45) is 4.99 Å². The van der Waals surface area contributed by atoms with Gasteiger partial charge in [-0.2, -0.15) is 10.4 Å². The van der Waals surface area contributed by atoms with Crippen LogP contribution in [0.3, 0.4) is 0 Å². The number of hydrogen-bond acceptors (Lipinski definition) is 5. The molecule has 1 aromatic heterocycles. The summed E-state index contributed by atoms with van der Waals surface area (Å²) < 4.78 is 1.62. The van der Waals surface area contributed by atoms with E-state index < -0.39 is 0 Å². The highest BCUT2D eigenvalue weighted by Crippen LogP contribution is 2.21. The maximum absolute atomic E-state index is 11.5. The molecular weight excluding hydrogens is 519 g/mol. The summed E-state index contributed by atoms with van der Waals surface area (Å²) in [7, 11) is 0. The molecule has 1 amide bonds. The number of carbonyl (C=O) groups excluding carboxylic acids is 1. The second-order valence-electron chi connectivity index (χ2n) is 7.40. The number of aliphatic imine (C=N–C) groups is 1. The molecule has 1 aliphatic rings. The van der Waals surface area contributed by atoms with Crippen LogP contribution in [0.4, 0.5) is 5.82 Å². The summed E-state index contributed by atoms with van der Waals surface area (Å²) in [5, 5.41) is 17.5. The van der Waals surface area contributed by atoms with Crippen molar-refractivity contribution in [3.63, 3.8) is 0 Å². The summed E-state index contributed by atoms with van der Waals surface area (Å²) >= 11 is 0. The van der Waals surface area contributed by atoms with Crippen molar-refractivity contribution >= 4 is 41.7 Å². The van der Waals surface area contributed by atoms with Gasteiger partial charge in [0.05, 0.1) is 11.4 Å². The third kappa shape index (κ3) is 6.12. The molecule has 0 bridgehead atoms. The van der Waals surface area contributed by atoms with Crippen molar-refractivity contribution in [1.29, 1.82) is 5.26 Å². The van der Waals surface area contributed by atoms with E-state index in [1.165, 1.54) is 0 Å². The number of rotatable bonds is 6. The molecule has 1 saturated heterocycles. The van der Waals surface area contributed by atoms with Gasteiger partial charge in [0.15, 0.2) is 5.96 Å². The number of nitrogens with zero attached hydrogens (tertiary/aromatic N) is 6. The lowest BCUT2D eigenvalue weighted by Crippen LogP contribution is -2.53. The number of nitrogens with two attached hydrogens (primary N) is 1. The molecule has 0 atom stereocenters. The van der Waals surface area contributed by atoms with Gasteiger partial charge in [-0.25, -0.2) is 4.68 Å². The Kier molecular flexibility index (Phi) is 9.77. The van der Waals surface area contributed by atoms with E-state index in [2.05, 4.69) is 21.4 Å². The second-order valence-corrected chi connectivity index (χ2v) is 7.40. The number of nitrogens with one attached hydrogen (secondary N) is 1. The van der Waals surface area contributed by atoms with Crippen LogP contribution in [0.15, 0.2) is 35.3 Å². The molecule has 0 radical (unpaired) electrons. The minimum absolute atomic E-state index is 0. The number of halogens is 1. The van der Waals surface area contributed by atoms with Crippen LogP contribution in [-0.4, -0.2) is 70.7 Å². The molecule has 1 fully saturated rings. The highest BCUT2D eigenvalue weighted by atomic mass is 127. The highest BCUT2D eigenvalue weighted by molar-refractivity contribution is 14.0. The van der Waals surface area contributed by atoms with Crippen LogP contribution in [0.2, 0.25) is 0 Å². The SMILES string of the molecule is CCNC(=NCCCc1nn(-c2ccccc2)c(N)c1C#N)N1CCN(C(C)=O)CC1.I. The number of benzene rings is 1. The number of piperazine rings is 1. The van der Waals surface area contributed by atoms with Crippen LogP contribution >= 0.6 is 24.0 Å². The number of para-hydroxylation sites is 1. The van der Waals surface area contributed by atoms with Crippen molar-refractivity contribution in [1.82, 2.24) is 24.9 Å². The molecular formula is C22H31IN8O. The molecule has 0 aliphatic carbocycles. The third-order valence-electron chi connectivity index (χ3n) is 5.30. The average molecular weight is 550 g/mol. The second kappa shape index (κ2) is 12.3. The first-order valence-corrected chi connectivity index (χ1v) is 10.7. The predicted molar refractivity (Wildman–Crippen MR) is 136 cm³/mol. The van der Waals surface area contributed by atoms with E-state index in [0.717, 1.165) is 37.7 Å². The average Bonchev–Trinajstić information content (AvgIpc) is 3.11. The van der Waals surface area contributed by atoms with Gasteiger partial charge in [-0.3, -0.25) is 9.79 Å². The molecule has 9 nitrogen and oxygen atoms in total. The van der Waals surface area contributed by atoms with E-state index in [1.54, 1.807) is 11.6 Å². The number of nitrogen functional groups attached to an aromatic ring is 1. The van der Waals surface area contributed by atoms with Crippen molar-refractivity contribution in [2.45, 2.75) is 26.7 Å². The number of hydrogen-bond donors (Lipinski definition) is 2. The zero-order valence-electron chi connectivity index (χ0n) is 18.6. The lowest BCUT2D eigenvalue weighted by atomic mass is 10.1. The predicted octanol–water partition coefficient (Wildman–Crippen LogP) is 2.01. The molecule has 172 valence electrons. The van der Waals surface area contributed by atoms with Crippen molar-refractivity contribution in [2.75, 3.05) is 45.0 Å². The van der Waals surface area contributed by atoms with Gasteiger partial charge < -0.3 is 20.9 Å². The van der Waals surface area contributed by atoms with E-state index in [0.29, 0.717) is 43.1 Å². The Morgan fingerprint density at radius 1 is 1.22 bits per heavy atom. The van der Waals surface area contributed by atoms with Gasteiger partial charge in [-0.15, -0.1) is 24.0 Å². The molecule has 3 N–H and O–H groups in total. The molecule has 0 saturated carbocycles. The number of guanidine groups is 1. The Labute approximate surface area is 206 Å². The number of anilines is 1. The topological polar surface area (TPSA) is 116 Å². The summed E-state index contributed by atoms with van der Waals surface area (Å²) in [6.07, 6.45) is 1.37. The molecule has 2 heterocycles. The zero-order valence-corrected chi connectivity index (χ0v) is 21.0. The fourth-order valence-corrected chi connectivity index (χ4v) is 3.63. The van der Waals surface area contributed by atoms with Gasteiger partial charge in [-0.05, 0) is 31.9 Å². The Hall–Kier alpha value is -2.81. The summed E-state index contributed by atoms with van der Waals surface area (Å²) in [5.74, 6) is 1.34. The number of aromatic nitrogens is 2.